The average molecular weight is 282 g/mol. The third-order valence-corrected chi connectivity index (χ3v) is 3.86. The summed E-state index contributed by atoms with van der Waals surface area (Å²) in [5.41, 5.74) is -0.0457. The minimum absolute atomic E-state index is 0.258. The van der Waals surface area contributed by atoms with Crippen LogP contribution in [0.3, 0.4) is 0 Å². The summed E-state index contributed by atoms with van der Waals surface area (Å²) in [6.07, 6.45) is 4.73. The van der Waals surface area contributed by atoms with Crippen molar-refractivity contribution in [2.45, 2.75) is 37.5 Å². The van der Waals surface area contributed by atoms with Gasteiger partial charge in [0, 0.05) is 10.0 Å². The average Bonchev–Trinajstić information content (AvgIpc) is 2.33. The van der Waals surface area contributed by atoms with Crippen LogP contribution in [-0.4, -0.2) is 0 Å². The monoisotopic (exact) mass is 281 g/mol. The van der Waals surface area contributed by atoms with Gasteiger partial charge in [0.25, 0.3) is 0 Å². The van der Waals surface area contributed by atoms with E-state index in [0.29, 0.717) is 5.56 Å². The normalized spacial score (nSPS) is 19.1. The zero-order valence-corrected chi connectivity index (χ0v) is 10.6. The van der Waals surface area contributed by atoms with Gasteiger partial charge in [0.05, 0.1) is 11.5 Å². The molecule has 1 aliphatic rings. The van der Waals surface area contributed by atoms with E-state index in [1.54, 1.807) is 12.1 Å². The Morgan fingerprint density at radius 3 is 2.56 bits per heavy atom. The summed E-state index contributed by atoms with van der Waals surface area (Å²) in [6.45, 7) is 0. The second-order valence-electron chi connectivity index (χ2n) is 4.38. The minimum atomic E-state index is -0.605. The zero-order valence-electron chi connectivity index (χ0n) is 8.97. The van der Waals surface area contributed by atoms with Crippen LogP contribution in [0.4, 0.5) is 4.39 Å². The lowest BCUT2D eigenvalue weighted by atomic mass is 9.70. The summed E-state index contributed by atoms with van der Waals surface area (Å²) >= 11 is 3.34. The van der Waals surface area contributed by atoms with Gasteiger partial charge in [0.2, 0.25) is 0 Å². The highest BCUT2D eigenvalue weighted by Gasteiger charge is 2.36. The highest BCUT2D eigenvalue weighted by Crippen LogP contribution is 2.40. The maximum atomic E-state index is 13.8. The van der Waals surface area contributed by atoms with Gasteiger partial charge in [-0.2, -0.15) is 5.26 Å². The van der Waals surface area contributed by atoms with E-state index < -0.39 is 5.41 Å². The van der Waals surface area contributed by atoms with Crippen LogP contribution < -0.4 is 0 Å². The van der Waals surface area contributed by atoms with Crippen molar-refractivity contribution in [3.05, 3.63) is 34.1 Å². The first-order valence-corrected chi connectivity index (χ1v) is 6.34. The number of nitrogens with zero attached hydrogens (tertiary/aromatic N) is 1. The number of halogens is 2. The SMILES string of the molecule is N#CC1(c2cc(Br)ccc2F)CCCCC1. The number of benzene rings is 1. The molecule has 1 saturated carbocycles. The van der Waals surface area contributed by atoms with E-state index >= 15 is 0 Å². The summed E-state index contributed by atoms with van der Waals surface area (Å²) in [5, 5.41) is 9.38. The van der Waals surface area contributed by atoms with Crippen molar-refractivity contribution >= 4 is 15.9 Å². The molecule has 84 valence electrons. The lowest BCUT2D eigenvalue weighted by molar-refractivity contribution is 0.354. The molecule has 0 heterocycles. The summed E-state index contributed by atoms with van der Waals surface area (Å²) in [7, 11) is 0. The van der Waals surface area contributed by atoms with E-state index in [0.717, 1.165) is 36.6 Å². The van der Waals surface area contributed by atoms with Crippen molar-refractivity contribution in [3.8, 4) is 6.07 Å². The van der Waals surface area contributed by atoms with Crippen LogP contribution in [0.1, 0.15) is 37.7 Å². The fraction of sp³-hybridized carbons (Fsp3) is 0.462. The Labute approximate surface area is 103 Å². The molecule has 2 rings (SSSR count). The van der Waals surface area contributed by atoms with Crippen LogP contribution in [0, 0.1) is 17.1 Å². The predicted octanol–water partition coefficient (Wildman–Crippen LogP) is 4.31. The maximum Gasteiger partial charge on any atom is 0.128 e. The van der Waals surface area contributed by atoms with Crippen molar-refractivity contribution in [2.24, 2.45) is 0 Å². The molecule has 0 saturated heterocycles. The standard InChI is InChI=1S/C13H13BrFN/c14-10-4-5-12(15)11(8-10)13(9-16)6-2-1-3-7-13/h4-5,8H,1-3,6-7H2. The Morgan fingerprint density at radius 2 is 1.94 bits per heavy atom. The van der Waals surface area contributed by atoms with Gasteiger partial charge in [-0.25, -0.2) is 4.39 Å². The van der Waals surface area contributed by atoms with Crippen LogP contribution in [0.5, 0.6) is 0 Å². The number of hydrogen-bond acceptors (Lipinski definition) is 1. The molecule has 3 heteroatoms. The van der Waals surface area contributed by atoms with Crippen molar-refractivity contribution in [1.29, 1.82) is 5.26 Å². The Kier molecular flexibility index (Phi) is 3.30. The fourth-order valence-electron chi connectivity index (χ4n) is 2.46. The van der Waals surface area contributed by atoms with Crippen molar-refractivity contribution in [1.82, 2.24) is 0 Å². The molecular weight excluding hydrogens is 269 g/mol. The molecule has 0 spiro atoms. The molecule has 0 amide bonds. The van der Waals surface area contributed by atoms with Crippen LogP contribution >= 0.6 is 15.9 Å². The highest BCUT2D eigenvalue weighted by molar-refractivity contribution is 9.10. The number of hydrogen-bond donors (Lipinski definition) is 0. The molecular formula is C13H13BrFN. The zero-order chi connectivity index (χ0) is 11.6. The first-order valence-electron chi connectivity index (χ1n) is 5.55. The summed E-state index contributed by atoms with van der Waals surface area (Å²) in [4.78, 5) is 0. The first kappa shape index (κ1) is 11.6. The molecule has 1 fully saturated rings. The van der Waals surface area contributed by atoms with Crippen LogP contribution in [0.2, 0.25) is 0 Å². The van der Waals surface area contributed by atoms with E-state index in [9.17, 15) is 9.65 Å². The Hall–Kier alpha value is -0.880. The van der Waals surface area contributed by atoms with Crippen LogP contribution in [0.25, 0.3) is 0 Å². The largest absolute Gasteiger partial charge is 0.207 e. The molecule has 0 aromatic heterocycles. The van der Waals surface area contributed by atoms with Gasteiger partial charge >= 0.3 is 0 Å². The number of nitriles is 1. The second-order valence-corrected chi connectivity index (χ2v) is 5.29. The molecule has 0 N–H and O–H groups in total. The van der Waals surface area contributed by atoms with E-state index in [4.69, 9.17) is 0 Å². The van der Waals surface area contributed by atoms with E-state index in [-0.39, 0.29) is 5.82 Å². The van der Waals surface area contributed by atoms with Gasteiger partial charge < -0.3 is 0 Å². The third kappa shape index (κ3) is 1.99. The summed E-state index contributed by atoms with van der Waals surface area (Å²) in [5.74, 6) is -0.258. The van der Waals surface area contributed by atoms with Gasteiger partial charge in [0.1, 0.15) is 5.82 Å². The Balaban J connectivity index is 2.47. The minimum Gasteiger partial charge on any atom is -0.207 e. The molecule has 1 aliphatic carbocycles. The lowest BCUT2D eigenvalue weighted by Gasteiger charge is -2.31. The molecule has 1 nitrogen and oxygen atoms in total. The summed E-state index contributed by atoms with van der Waals surface area (Å²) in [6, 6.07) is 7.21. The molecule has 0 unspecified atom stereocenters. The fourth-order valence-corrected chi connectivity index (χ4v) is 2.82. The lowest BCUT2D eigenvalue weighted by Crippen LogP contribution is -2.28. The van der Waals surface area contributed by atoms with Crippen molar-refractivity contribution in [3.63, 3.8) is 0 Å². The van der Waals surface area contributed by atoms with Gasteiger partial charge in [-0.1, -0.05) is 35.2 Å². The summed E-state index contributed by atoms with van der Waals surface area (Å²) < 4.78 is 14.7. The molecule has 1 aromatic carbocycles. The molecule has 16 heavy (non-hydrogen) atoms. The topological polar surface area (TPSA) is 23.8 Å². The van der Waals surface area contributed by atoms with Crippen molar-refractivity contribution < 1.29 is 4.39 Å². The first-order chi connectivity index (χ1) is 7.68. The third-order valence-electron chi connectivity index (χ3n) is 3.37. The number of rotatable bonds is 1. The molecule has 0 radical (unpaired) electrons. The smallest absolute Gasteiger partial charge is 0.128 e. The second kappa shape index (κ2) is 4.55. The molecule has 0 aliphatic heterocycles. The van der Waals surface area contributed by atoms with E-state index in [2.05, 4.69) is 22.0 Å². The van der Waals surface area contributed by atoms with Gasteiger partial charge in [0.15, 0.2) is 0 Å². The quantitative estimate of drug-likeness (QED) is 0.752. The van der Waals surface area contributed by atoms with Gasteiger partial charge in [-0.05, 0) is 31.0 Å². The Morgan fingerprint density at radius 1 is 1.25 bits per heavy atom. The van der Waals surface area contributed by atoms with Gasteiger partial charge in [-0.3, -0.25) is 0 Å². The molecule has 0 bridgehead atoms. The van der Waals surface area contributed by atoms with Crippen LogP contribution in [-0.2, 0) is 5.41 Å². The van der Waals surface area contributed by atoms with Gasteiger partial charge in [-0.15, -0.1) is 0 Å². The van der Waals surface area contributed by atoms with Crippen LogP contribution in [0.15, 0.2) is 22.7 Å². The maximum absolute atomic E-state index is 13.8. The van der Waals surface area contributed by atoms with E-state index in [1.165, 1.54) is 6.07 Å². The predicted molar refractivity (Wildman–Crippen MR) is 64.5 cm³/mol. The van der Waals surface area contributed by atoms with Crippen molar-refractivity contribution in [2.75, 3.05) is 0 Å². The Bertz CT molecular complexity index is 430. The van der Waals surface area contributed by atoms with E-state index in [1.807, 2.05) is 0 Å². The molecule has 0 atom stereocenters. The highest BCUT2D eigenvalue weighted by atomic mass is 79.9. The molecule has 1 aromatic rings.